The number of carbonyl (C=O) groups is 3. The second-order valence-electron chi connectivity index (χ2n) is 7.40. The number of fused-ring (bicyclic) bond motifs is 2. The minimum atomic E-state index is -4.38. The molecule has 0 saturated carbocycles. The van der Waals surface area contributed by atoms with Crippen molar-refractivity contribution in [2.45, 2.75) is 6.54 Å². The lowest BCUT2D eigenvalue weighted by Gasteiger charge is -2.38. The highest BCUT2D eigenvalue weighted by Crippen LogP contribution is 2.34. The van der Waals surface area contributed by atoms with Crippen LogP contribution >= 0.6 is 0 Å². The monoisotopic (exact) mass is 447 g/mol. The van der Waals surface area contributed by atoms with E-state index in [0.29, 0.717) is 5.56 Å². The van der Waals surface area contributed by atoms with Gasteiger partial charge in [-0.3, -0.25) is 19.3 Å². The molecule has 0 spiro atoms. The van der Waals surface area contributed by atoms with Crippen LogP contribution in [0.3, 0.4) is 0 Å². The predicted molar refractivity (Wildman–Crippen MR) is 116 cm³/mol. The Kier molecular flexibility index (Phi) is 4.56. The van der Waals surface area contributed by atoms with Crippen molar-refractivity contribution in [3.05, 3.63) is 101 Å². The van der Waals surface area contributed by atoms with Crippen molar-refractivity contribution in [3.63, 3.8) is 0 Å². The Morgan fingerprint density at radius 3 is 1.75 bits per heavy atom. The maximum Gasteiger partial charge on any atom is 0.330 e. The van der Waals surface area contributed by atoms with Crippen LogP contribution in [0.5, 0.6) is 0 Å². The van der Waals surface area contributed by atoms with E-state index in [1.165, 1.54) is 24.3 Å². The van der Waals surface area contributed by atoms with E-state index in [0.717, 1.165) is 13.5 Å². The van der Waals surface area contributed by atoms with Crippen molar-refractivity contribution < 1.29 is 22.8 Å². The lowest BCUT2D eigenvalue weighted by atomic mass is 10.1. The van der Waals surface area contributed by atoms with Crippen LogP contribution < -0.4 is 4.31 Å². The van der Waals surface area contributed by atoms with Gasteiger partial charge in [0.15, 0.2) is 0 Å². The highest BCUT2D eigenvalue weighted by Gasteiger charge is 2.45. The fraction of sp³-hybridized carbons (Fsp3) is 0.0870. The first kappa shape index (κ1) is 20.0. The number of anilines is 1. The van der Waals surface area contributed by atoms with Gasteiger partial charge < -0.3 is 0 Å². The quantitative estimate of drug-likeness (QED) is 0.573. The molecular weight excluding hydrogens is 430 g/mol. The number of carbonyl (C=O) groups excluding carboxylic acids is 3. The van der Waals surface area contributed by atoms with Crippen molar-refractivity contribution in [2.75, 3.05) is 11.0 Å². The third-order valence-corrected chi connectivity index (χ3v) is 7.22. The van der Waals surface area contributed by atoms with Crippen molar-refractivity contribution in [1.82, 2.24) is 9.21 Å². The second kappa shape index (κ2) is 7.31. The zero-order valence-electron chi connectivity index (χ0n) is 16.7. The smallest absolute Gasteiger partial charge is 0.269 e. The van der Waals surface area contributed by atoms with E-state index in [-0.39, 0.29) is 28.9 Å². The average Bonchev–Trinajstić information content (AvgIpc) is 3.05. The Hall–Kier alpha value is -3.98. The minimum absolute atomic E-state index is 0.123. The molecule has 2 heterocycles. The van der Waals surface area contributed by atoms with Crippen molar-refractivity contribution in [3.8, 4) is 0 Å². The largest absolute Gasteiger partial charge is 0.330 e. The summed E-state index contributed by atoms with van der Waals surface area (Å²) in [6.07, 6.45) is 0. The van der Waals surface area contributed by atoms with Crippen LogP contribution in [-0.2, 0) is 16.8 Å². The summed E-state index contributed by atoms with van der Waals surface area (Å²) < 4.78 is 28.8. The first-order valence-electron chi connectivity index (χ1n) is 9.82. The molecule has 2 aliphatic heterocycles. The van der Waals surface area contributed by atoms with Crippen molar-refractivity contribution in [2.24, 2.45) is 0 Å². The van der Waals surface area contributed by atoms with Crippen LogP contribution in [0.15, 0.2) is 78.9 Å². The first-order chi connectivity index (χ1) is 15.4. The van der Waals surface area contributed by atoms with Gasteiger partial charge in [-0.05, 0) is 29.8 Å². The molecule has 5 rings (SSSR count). The molecule has 3 aromatic carbocycles. The standard InChI is InChI=1S/C23H17N3O5S/c27-21-17-10-4-5-11-18(17)22(28)24(21)15-26-20-13-7-6-12-19(20)23(29)25(32(26,30)31)14-16-8-2-1-3-9-16/h1-13H,14-15H2. The van der Waals surface area contributed by atoms with Crippen LogP contribution in [0.1, 0.15) is 36.6 Å². The Morgan fingerprint density at radius 1 is 0.594 bits per heavy atom. The van der Waals surface area contributed by atoms with Crippen molar-refractivity contribution >= 4 is 33.6 Å². The lowest BCUT2D eigenvalue weighted by Crippen LogP contribution is -2.54. The number of para-hydroxylation sites is 1. The van der Waals surface area contributed by atoms with Crippen LogP contribution in [0.2, 0.25) is 0 Å². The van der Waals surface area contributed by atoms with Crippen LogP contribution in [0, 0.1) is 0 Å². The van der Waals surface area contributed by atoms with Gasteiger partial charge in [-0.25, -0.2) is 8.61 Å². The molecule has 0 N–H and O–H groups in total. The number of hydrogen-bond acceptors (Lipinski definition) is 5. The third kappa shape index (κ3) is 2.97. The molecule has 0 aromatic heterocycles. The summed E-state index contributed by atoms with van der Waals surface area (Å²) in [6.45, 7) is -0.709. The summed E-state index contributed by atoms with van der Waals surface area (Å²) in [5.41, 5.74) is 1.37. The molecular formula is C23H17N3O5S. The van der Waals surface area contributed by atoms with E-state index >= 15 is 0 Å². The molecule has 0 atom stereocenters. The fourth-order valence-electron chi connectivity index (χ4n) is 3.90. The molecule has 0 bridgehead atoms. The van der Waals surface area contributed by atoms with E-state index in [1.54, 1.807) is 54.6 Å². The number of rotatable bonds is 4. The van der Waals surface area contributed by atoms with E-state index < -0.39 is 34.6 Å². The van der Waals surface area contributed by atoms with E-state index in [9.17, 15) is 22.8 Å². The SMILES string of the molecule is O=C1c2ccccc2C(=O)N1CN1c2ccccc2C(=O)N(Cc2ccccc2)S1(=O)=O. The fourth-order valence-corrected chi connectivity index (χ4v) is 5.43. The zero-order valence-corrected chi connectivity index (χ0v) is 17.5. The summed E-state index contributed by atoms with van der Waals surface area (Å²) in [5, 5.41) is 0. The number of amides is 3. The molecule has 3 amide bonds. The molecule has 3 aromatic rings. The normalized spacial score (nSPS) is 16.9. The van der Waals surface area contributed by atoms with Crippen LogP contribution in [-0.4, -0.2) is 42.0 Å². The van der Waals surface area contributed by atoms with Gasteiger partial charge in [-0.15, -0.1) is 0 Å². The molecule has 0 fully saturated rings. The predicted octanol–water partition coefficient (Wildman–Crippen LogP) is 2.65. The Bertz CT molecular complexity index is 1340. The second-order valence-corrected chi connectivity index (χ2v) is 9.17. The van der Waals surface area contributed by atoms with E-state index in [4.69, 9.17) is 0 Å². The Labute approximate surface area is 184 Å². The maximum absolute atomic E-state index is 13.5. The number of benzene rings is 3. The van der Waals surface area contributed by atoms with Gasteiger partial charge in [0.1, 0.15) is 6.67 Å². The molecule has 9 heteroatoms. The molecule has 32 heavy (non-hydrogen) atoms. The number of imide groups is 1. The molecule has 0 unspecified atom stereocenters. The molecule has 0 aliphatic carbocycles. The summed E-state index contributed by atoms with van der Waals surface area (Å²) >= 11 is 0. The van der Waals surface area contributed by atoms with Crippen LogP contribution in [0.25, 0.3) is 0 Å². The molecule has 160 valence electrons. The lowest BCUT2D eigenvalue weighted by molar-refractivity contribution is 0.0660. The van der Waals surface area contributed by atoms with E-state index in [2.05, 4.69) is 0 Å². The zero-order chi connectivity index (χ0) is 22.5. The first-order valence-corrected chi connectivity index (χ1v) is 11.2. The highest BCUT2D eigenvalue weighted by molar-refractivity contribution is 7.91. The Morgan fingerprint density at radius 2 is 1.12 bits per heavy atom. The molecule has 8 nitrogen and oxygen atoms in total. The molecule has 0 radical (unpaired) electrons. The van der Waals surface area contributed by atoms with Gasteiger partial charge in [-0.1, -0.05) is 54.6 Å². The van der Waals surface area contributed by atoms with E-state index in [1.807, 2.05) is 0 Å². The van der Waals surface area contributed by atoms with Gasteiger partial charge in [0.2, 0.25) is 0 Å². The Balaban J connectivity index is 1.57. The average molecular weight is 447 g/mol. The van der Waals surface area contributed by atoms with Gasteiger partial charge in [0, 0.05) is 0 Å². The van der Waals surface area contributed by atoms with Crippen molar-refractivity contribution in [1.29, 1.82) is 0 Å². The number of nitrogens with zero attached hydrogens (tertiary/aromatic N) is 3. The van der Waals surface area contributed by atoms with Gasteiger partial charge >= 0.3 is 10.2 Å². The summed E-state index contributed by atoms with van der Waals surface area (Å²) in [5.74, 6) is -1.82. The molecule has 2 aliphatic rings. The number of hydrogen-bond donors (Lipinski definition) is 0. The topological polar surface area (TPSA) is 95.1 Å². The van der Waals surface area contributed by atoms with Gasteiger partial charge in [0.25, 0.3) is 17.7 Å². The molecule has 0 saturated heterocycles. The third-order valence-electron chi connectivity index (χ3n) is 5.50. The van der Waals surface area contributed by atoms with Gasteiger partial charge in [0.05, 0.1) is 28.9 Å². The van der Waals surface area contributed by atoms with Gasteiger partial charge in [-0.2, -0.15) is 8.42 Å². The summed E-state index contributed by atoms with van der Waals surface area (Å²) in [4.78, 5) is 39.7. The summed E-state index contributed by atoms with van der Waals surface area (Å²) in [6, 6.07) is 21.3. The minimum Gasteiger partial charge on any atom is -0.269 e. The summed E-state index contributed by atoms with van der Waals surface area (Å²) in [7, 11) is -4.38. The van der Waals surface area contributed by atoms with Crippen LogP contribution in [0.4, 0.5) is 5.69 Å². The maximum atomic E-state index is 13.5. The highest BCUT2D eigenvalue weighted by atomic mass is 32.2.